The molecule has 0 aliphatic carbocycles. The van der Waals surface area contributed by atoms with E-state index in [2.05, 4.69) is 22.9 Å². The summed E-state index contributed by atoms with van der Waals surface area (Å²) in [5.74, 6) is 0.334. The Morgan fingerprint density at radius 2 is 1.77 bits per heavy atom. The van der Waals surface area contributed by atoms with E-state index < -0.39 is 0 Å². The Labute approximate surface area is 86.3 Å². The summed E-state index contributed by atoms with van der Waals surface area (Å²) in [5.41, 5.74) is 0.644. The second-order valence-electron chi connectivity index (χ2n) is 3.03. The summed E-state index contributed by atoms with van der Waals surface area (Å²) in [5, 5.41) is 19.0. The Kier molecular flexibility index (Phi) is 3.60. The summed E-state index contributed by atoms with van der Waals surface area (Å²) < 4.78 is 0.697. The Hall–Kier alpha value is -0.700. The van der Waals surface area contributed by atoms with Gasteiger partial charge in [-0.3, -0.25) is 0 Å². The van der Waals surface area contributed by atoms with Crippen molar-refractivity contribution in [1.82, 2.24) is 0 Å². The molecule has 1 rings (SSSR count). The van der Waals surface area contributed by atoms with Gasteiger partial charge in [0.2, 0.25) is 0 Å². The van der Waals surface area contributed by atoms with Gasteiger partial charge in [-0.1, -0.05) is 29.3 Å². The highest BCUT2D eigenvalue weighted by molar-refractivity contribution is 9.10. The van der Waals surface area contributed by atoms with Crippen LogP contribution in [-0.4, -0.2) is 10.2 Å². The number of unbranched alkanes of at least 4 members (excludes halogenated alkanes) is 1. The first-order valence-electron chi connectivity index (χ1n) is 4.35. The van der Waals surface area contributed by atoms with E-state index in [1.165, 1.54) is 0 Å². The molecule has 13 heavy (non-hydrogen) atoms. The highest BCUT2D eigenvalue weighted by Gasteiger charge is 2.07. The van der Waals surface area contributed by atoms with Crippen molar-refractivity contribution in [2.24, 2.45) is 0 Å². The molecule has 0 radical (unpaired) electrons. The van der Waals surface area contributed by atoms with E-state index in [9.17, 15) is 10.2 Å². The molecule has 0 atom stereocenters. The maximum Gasteiger partial charge on any atom is 0.123 e. The molecule has 0 amide bonds. The van der Waals surface area contributed by atoms with Crippen LogP contribution in [0.2, 0.25) is 0 Å². The SMILES string of the molecule is CCCCc1c(O)cc(Br)cc1O. The molecule has 0 aliphatic heterocycles. The van der Waals surface area contributed by atoms with Gasteiger partial charge in [0.05, 0.1) is 0 Å². The van der Waals surface area contributed by atoms with E-state index in [0.717, 1.165) is 19.3 Å². The van der Waals surface area contributed by atoms with Crippen molar-refractivity contribution < 1.29 is 10.2 Å². The van der Waals surface area contributed by atoms with Crippen molar-refractivity contribution in [3.8, 4) is 11.5 Å². The number of phenolic OH excluding ortho intramolecular Hbond substituents is 2. The molecule has 0 aromatic heterocycles. The number of phenols is 2. The minimum absolute atomic E-state index is 0.167. The van der Waals surface area contributed by atoms with Crippen LogP contribution < -0.4 is 0 Å². The molecule has 72 valence electrons. The molecule has 3 heteroatoms. The van der Waals surface area contributed by atoms with E-state index in [0.29, 0.717) is 10.0 Å². The maximum atomic E-state index is 9.51. The topological polar surface area (TPSA) is 40.5 Å². The maximum absolute atomic E-state index is 9.51. The molecule has 0 heterocycles. The fraction of sp³-hybridized carbons (Fsp3) is 0.400. The average Bonchev–Trinajstić information content (AvgIpc) is 2.02. The Balaban J connectivity index is 2.92. The number of rotatable bonds is 3. The van der Waals surface area contributed by atoms with Gasteiger partial charge in [-0.15, -0.1) is 0 Å². The predicted octanol–water partition coefficient (Wildman–Crippen LogP) is 3.20. The highest BCUT2D eigenvalue weighted by Crippen LogP contribution is 2.32. The fourth-order valence-electron chi connectivity index (χ4n) is 1.22. The van der Waals surface area contributed by atoms with Gasteiger partial charge in [-0.05, 0) is 25.0 Å². The van der Waals surface area contributed by atoms with Crippen molar-refractivity contribution in [2.45, 2.75) is 26.2 Å². The Bertz CT molecular complexity index is 274. The third-order valence-corrected chi connectivity index (χ3v) is 2.41. The summed E-state index contributed by atoms with van der Waals surface area (Å²) in [6, 6.07) is 3.20. The van der Waals surface area contributed by atoms with Crippen molar-refractivity contribution in [2.75, 3.05) is 0 Å². The van der Waals surface area contributed by atoms with Crippen LogP contribution in [0.25, 0.3) is 0 Å². The zero-order valence-corrected chi connectivity index (χ0v) is 9.13. The summed E-state index contributed by atoms with van der Waals surface area (Å²) >= 11 is 3.20. The minimum atomic E-state index is 0.167. The molecule has 0 spiro atoms. The van der Waals surface area contributed by atoms with Crippen molar-refractivity contribution in [3.63, 3.8) is 0 Å². The molecule has 0 saturated carbocycles. The molecule has 0 saturated heterocycles. The summed E-state index contributed by atoms with van der Waals surface area (Å²) in [6.45, 7) is 2.08. The van der Waals surface area contributed by atoms with Crippen molar-refractivity contribution in [1.29, 1.82) is 0 Å². The van der Waals surface area contributed by atoms with Crippen LogP contribution in [0.3, 0.4) is 0 Å². The first kappa shape index (κ1) is 10.4. The average molecular weight is 245 g/mol. The Morgan fingerprint density at radius 3 is 2.23 bits per heavy atom. The van der Waals surface area contributed by atoms with E-state index in [1.54, 1.807) is 12.1 Å². The molecule has 0 fully saturated rings. The van der Waals surface area contributed by atoms with Crippen LogP contribution in [-0.2, 0) is 6.42 Å². The van der Waals surface area contributed by atoms with Crippen molar-refractivity contribution in [3.05, 3.63) is 22.2 Å². The molecule has 1 aromatic rings. The van der Waals surface area contributed by atoms with E-state index in [-0.39, 0.29) is 11.5 Å². The van der Waals surface area contributed by atoms with Crippen LogP contribution in [0, 0.1) is 0 Å². The van der Waals surface area contributed by atoms with E-state index in [1.807, 2.05) is 0 Å². The second-order valence-corrected chi connectivity index (χ2v) is 3.94. The third kappa shape index (κ3) is 2.62. The number of halogens is 1. The fourth-order valence-corrected chi connectivity index (χ4v) is 1.65. The summed E-state index contributed by atoms with van der Waals surface area (Å²) in [6.07, 6.45) is 2.75. The van der Waals surface area contributed by atoms with Gasteiger partial charge in [0, 0.05) is 10.0 Å². The zero-order chi connectivity index (χ0) is 9.84. The summed E-state index contributed by atoms with van der Waals surface area (Å²) in [7, 11) is 0. The standard InChI is InChI=1S/C10H13BrO2/c1-2-3-4-8-9(12)5-7(11)6-10(8)13/h5-6,12-13H,2-4H2,1H3. The van der Waals surface area contributed by atoms with Gasteiger partial charge in [0.15, 0.2) is 0 Å². The quantitative estimate of drug-likeness (QED) is 0.858. The molecule has 0 bridgehead atoms. The number of benzene rings is 1. The van der Waals surface area contributed by atoms with Crippen LogP contribution in [0.15, 0.2) is 16.6 Å². The van der Waals surface area contributed by atoms with Gasteiger partial charge in [0.1, 0.15) is 11.5 Å². The second kappa shape index (κ2) is 4.51. The smallest absolute Gasteiger partial charge is 0.123 e. The molecule has 1 aromatic carbocycles. The molecular formula is C10H13BrO2. The molecule has 0 aliphatic rings. The summed E-state index contributed by atoms with van der Waals surface area (Å²) in [4.78, 5) is 0. The number of aromatic hydroxyl groups is 2. The molecule has 2 nitrogen and oxygen atoms in total. The largest absolute Gasteiger partial charge is 0.507 e. The lowest BCUT2D eigenvalue weighted by atomic mass is 10.1. The Morgan fingerprint density at radius 1 is 1.23 bits per heavy atom. The van der Waals surface area contributed by atoms with Gasteiger partial charge < -0.3 is 10.2 Å². The normalized spacial score (nSPS) is 10.3. The first-order chi connectivity index (χ1) is 6.15. The monoisotopic (exact) mass is 244 g/mol. The van der Waals surface area contributed by atoms with Gasteiger partial charge >= 0.3 is 0 Å². The van der Waals surface area contributed by atoms with Crippen LogP contribution in [0.4, 0.5) is 0 Å². The van der Waals surface area contributed by atoms with Gasteiger partial charge in [-0.25, -0.2) is 0 Å². The van der Waals surface area contributed by atoms with Crippen LogP contribution >= 0.6 is 15.9 Å². The number of hydrogen-bond donors (Lipinski definition) is 2. The van der Waals surface area contributed by atoms with E-state index in [4.69, 9.17) is 0 Å². The van der Waals surface area contributed by atoms with Gasteiger partial charge in [0.25, 0.3) is 0 Å². The predicted molar refractivity (Wildman–Crippen MR) is 56.1 cm³/mol. The van der Waals surface area contributed by atoms with Crippen molar-refractivity contribution >= 4 is 15.9 Å². The highest BCUT2D eigenvalue weighted by atomic mass is 79.9. The number of hydrogen-bond acceptors (Lipinski definition) is 2. The van der Waals surface area contributed by atoms with Crippen LogP contribution in [0.1, 0.15) is 25.3 Å². The lowest BCUT2D eigenvalue weighted by Crippen LogP contribution is -1.87. The third-order valence-electron chi connectivity index (χ3n) is 1.95. The minimum Gasteiger partial charge on any atom is -0.507 e. The van der Waals surface area contributed by atoms with E-state index >= 15 is 0 Å². The molecular weight excluding hydrogens is 232 g/mol. The lowest BCUT2D eigenvalue weighted by Gasteiger charge is -2.06. The zero-order valence-electron chi connectivity index (χ0n) is 7.55. The van der Waals surface area contributed by atoms with Gasteiger partial charge in [-0.2, -0.15) is 0 Å². The molecule has 0 unspecified atom stereocenters. The van der Waals surface area contributed by atoms with Crippen LogP contribution in [0.5, 0.6) is 11.5 Å². The molecule has 2 N–H and O–H groups in total. The lowest BCUT2D eigenvalue weighted by molar-refractivity contribution is 0.436. The first-order valence-corrected chi connectivity index (χ1v) is 5.14.